The Bertz CT molecular complexity index is 607. The fraction of sp³-hybridized carbons (Fsp3) is 0.286. The zero-order valence-electron chi connectivity index (χ0n) is 11.1. The van der Waals surface area contributed by atoms with E-state index in [0.29, 0.717) is 6.54 Å². The highest BCUT2D eigenvalue weighted by Gasteiger charge is 2.21. The monoisotopic (exact) mass is 309 g/mol. The van der Waals surface area contributed by atoms with Crippen molar-refractivity contribution in [3.05, 3.63) is 41.4 Å². The third kappa shape index (κ3) is 3.00. The van der Waals surface area contributed by atoms with Crippen LogP contribution in [0.4, 0.5) is 0 Å². The molecule has 1 atom stereocenters. The van der Waals surface area contributed by atoms with E-state index >= 15 is 0 Å². The maximum atomic E-state index is 12.2. The number of benzene rings is 1. The van der Waals surface area contributed by atoms with E-state index in [1.807, 2.05) is 37.4 Å². The number of para-hydroxylation sites is 1. The molecule has 20 heavy (non-hydrogen) atoms. The van der Waals surface area contributed by atoms with Crippen LogP contribution in [-0.2, 0) is 11.3 Å². The second-order valence-electron chi connectivity index (χ2n) is 4.58. The van der Waals surface area contributed by atoms with E-state index in [1.165, 1.54) is 0 Å². The molecule has 1 aliphatic rings. The molecule has 0 saturated carbocycles. The van der Waals surface area contributed by atoms with Crippen LogP contribution in [0.1, 0.15) is 5.01 Å². The summed E-state index contributed by atoms with van der Waals surface area (Å²) in [4.78, 5) is 18.4. The van der Waals surface area contributed by atoms with Crippen LogP contribution < -0.4 is 5.32 Å². The fourth-order valence-corrected chi connectivity index (χ4v) is 3.16. The van der Waals surface area contributed by atoms with E-state index in [1.54, 1.807) is 16.2 Å². The van der Waals surface area contributed by atoms with Crippen LogP contribution in [0.5, 0.6) is 0 Å². The van der Waals surface area contributed by atoms with Gasteiger partial charge in [0.1, 0.15) is 11.0 Å². The van der Waals surface area contributed by atoms with Crippen LogP contribution in [-0.4, -0.2) is 35.4 Å². The molecule has 1 amide bonds. The minimum atomic E-state index is -0.181. The van der Waals surface area contributed by atoms with Gasteiger partial charge < -0.3 is 4.90 Å². The van der Waals surface area contributed by atoms with Gasteiger partial charge >= 0.3 is 0 Å². The van der Waals surface area contributed by atoms with E-state index in [-0.39, 0.29) is 24.4 Å². The molecule has 0 fully saturated rings. The van der Waals surface area contributed by atoms with E-state index in [0.717, 1.165) is 21.8 Å². The Morgan fingerprint density at radius 1 is 1.50 bits per heavy atom. The first-order valence-corrected chi connectivity index (χ1v) is 7.05. The highest BCUT2D eigenvalue weighted by Crippen LogP contribution is 2.22. The lowest BCUT2D eigenvalue weighted by Gasteiger charge is -2.19. The van der Waals surface area contributed by atoms with Gasteiger partial charge in [0.05, 0.1) is 16.8 Å². The first-order chi connectivity index (χ1) is 9.24. The number of thiazole rings is 1. The molecule has 6 heteroatoms. The van der Waals surface area contributed by atoms with Gasteiger partial charge in [0.2, 0.25) is 5.91 Å². The van der Waals surface area contributed by atoms with E-state index < -0.39 is 0 Å². The zero-order chi connectivity index (χ0) is 13.2. The summed E-state index contributed by atoms with van der Waals surface area (Å²) < 4.78 is 1.16. The normalized spacial score (nSPS) is 17.1. The lowest BCUT2D eigenvalue weighted by Crippen LogP contribution is -2.41. The molecule has 2 aromatic rings. The summed E-state index contributed by atoms with van der Waals surface area (Å²) in [6.07, 6.45) is 3.89. The number of carbonyl (C=O) groups is 1. The minimum absolute atomic E-state index is 0. The van der Waals surface area contributed by atoms with Gasteiger partial charge in [-0.25, -0.2) is 4.98 Å². The van der Waals surface area contributed by atoms with Crippen molar-refractivity contribution in [2.24, 2.45) is 0 Å². The number of nitrogens with one attached hydrogen (secondary N) is 1. The van der Waals surface area contributed by atoms with Crippen molar-refractivity contribution < 1.29 is 4.79 Å². The summed E-state index contributed by atoms with van der Waals surface area (Å²) in [5, 5.41) is 4.10. The average Bonchev–Trinajstić information content (AvgIpc) is 3.06. The van der Waals surface area contributed by atoms with Gasteiger partial charge in [-0.15, -0.1) is 23.7 Å². The summed E-state index contributed by atoms with van der Waals surface area (Å²) in [6.45, 7) is 1.33. The molecule has 1 unspecified atom stereocenters. The number of nitrogens with zero attached hydrogens (tertiary/aromatic N) is 2. The highest BCUT2D eigenvalue weighted by atomic mass is 35.5. The van der Waals surface area contributed by atoms with Crippen LogP contribution in [0.25, 0.3) is 10.2 Å². The SMILES string of the molecule is CN(Cc1nc2ccccc2s1)C(=O)C1C=CCN1.Cl. The largest absolute Gasteiger partial charge is 0.337 e. The molecular weight excluding hydrogens is 294 g/mol. The van der Waals surface area contributed by atoms with Crippen LogP contribution in [0.2, 0.25) is 0 Å². The topological polar surface area (TPSA) is 45.2 Å². The van der Waals surface area contributed by atoms with Crippen molar-refractivity contribution in [1.82, 2.24) is 15.2 Å². The third-order valence-electron chi connectivity index (χ3n) is 3.14. The second-order valence-corrected chi connectivity index (χ2v) is 5.70. The number of hydrogen-bond donors (Lipinski definition) is 1. The number of likely N-dealkylation sites (N-methyl/N-ethyl adjacent to an activating group) is 1. The minimum Gasteiger partial charge on any atom is -0.337 e. The summed E-state index contributed by atoms with van der Waals surface area (Å²) in [7, 11) is 1.82. The third-order valence-corrected chi connectivity index (χ3v) is 4.16. The van der Waals surface area contributed by atoms with E-state index in [4.69, 9.17) is 0 Å². The van der Waals surface area contributed by atoms with Crippen molar-refractivity contribution >= 4 is 39.9 Å². The van der Waals surface area contributed by atoms with Crippen LogP contribution in [0.15, 0.2) is 36.4 Å². The first kappa shape index (κ1) is 15.0. The molecule has 0 bridgehead atoms. The smallest absolute Gasteiger partial charge is 0.243 e. The summed E-state index contributed by atoms with van der Waals surface area (Å²) in [5.41, 5.74) is 1.00. The predicted molar refractivity (Wildman–Crippen MR) is 84.3 cm³/mol. The Morgan fingerprint density at radius 2 is 2.30 bits per heavy atom. The fourth-order valence-electron chi connectivity index (χ4n) is 2.14. The Balaban J connectivity index is 0.00000147. The molecule has 1 aromatic heterocycles. The lowest BCUT2D eigenvalue weighted by molar-refractivity contribution is -0.131. The molecule has 0 spiro atoms. The van der Waals surface area contributed by atoms with Crippen molar-refractivity contribution in [3.8, 4) is 0 Å². The molecule has 0 aliphatic carbocycles. The van der Waals surface area contributed by atoms with Gasteiger partial charge in [0, 0.05) is 13.6 Å². The van der Waals surface area contributed by atoms with Crippen LogP contribution in [0.3, 0.4) is 0 Å². The Labute approximate surface area is 127 Å². The van der Waals surface area contributed by atoms with Gasteiger partial charge in [-0.3, -0.25) is 10.1 Å². The molecule has 3 rings (SSSR count). The Morgan fingerprint density at radius 3 is 3.00 bits per heavy atom. The van der Waals surface area contributed by atoms with E-state index in [9.17, 15) is 4.79 Å². The average molecular weight is 310 g/mol. The zero-order valence-corrected chi connectivity index (χ0v) is 12.7. The van der Waals surface area contributed by atoms with Crippen molar-refractivity contribution in [2.45, 2.75) is 12.6 Å². The lowest BCUT2D eigenvalue weighted by atomic mass is 10.3. The second kappa shape index (κ2) is 6.35. The summed E-state index contributed by atoms with van der Waals surface area (Å²) >= 11 is 1.64. The number of halogens is 1. The molecule has 106 valence electrons. The van der Waals surface area contributed by atoms with E-state index in [2.05, 4.69) is 16.4 Å². The number of rotatable bonds is 3. The first-order valence-electron chi connectivity index (χ1n) is 6.23. The Kier molecular flexibility index (Phi) is 4.75. The van der Waals surface area contributed by atoms with Crippen LogP contribution in [0, 0.1) is 0 Å². The summed E-state index contributed by atoms with van der Waals surface area (Å²) in [5.74, 6) is 0.0907. The molecule has 4 nitrogen and oxygen atoms in total. The molecule has 1 aromatic carbocycles. The van der Waals surface area contributed by atoms with Crippen molar-refractivity contribution in [1.29, 1.82) is 0 Å². The predicted octanol–water partition coefficient (Wildman–Crippen LogP) is 2.20. The maximum Gasteiger partial charge on any atom is 0.243 e. The molecule has 0 saturated heterocycles. The van der Waals surface area contributed by atoms with Crippen molar-refractivity contribution in [2.75, 3.05) is 13.6 Å². The number of amides is 1. The Hall–Kier alpha value is -1.43. The van der Waals surface area contributed by atoms with Gasteiger partial charge in [-0.2, -0.15) is 0 Å². The van der Waals surface area contributed by atoms with Gasteiger partial charge in [0.25, 0.3) is 0 Å². The highest BCUT2D eigenvalue weighted by molar-refractivity contribution is 7.18. The molecule has 0 radical (unpaired) electrons. The molecule has 2 heterocycles. The van der Waals surface area contributed by atoms with Gasteiger partial charge in [-0.05, 0) is 12.1 Å². The maximum absolute atomic E-state index is 12.2. The number of fused-ring (bicyclic) bond motifs is 1. The molecule has 1 N–H and O–H groups in total. The molecule has 1 aliphatic heterocycles. The number of hydrogen-bond acceptors (Lipinski definition) is 4. The van der Waals surface area contributed by atoms with Crippen molar-refractivity contribution in [3.63, 3.8) is 0 Å². The van der Waals surface area contributed by atoms with Gasteiger partial charge in [0.15, 0.2) is 0 Å². The van der Waals surface area contributed by atoms with Crippen LogP contribution >= 0.6 is 23.7 Å². The molecular formula is C14H16ClN3OS. The number of carbonyl (C=O) groups excluding carboxylic acids is 1. The number of aromatic nitrogens is 1. The van der Waals surface area contributed by atoms with Gasteiger partial charge in [-0.1, -0.05) is 24.3 Å². The summed E-state index contributed by atoms with van der Waals surface area (Å²) in [6, 6.07) is 7.86. The standard InChI is InChI=1S/C14H15N3OS.ClH/c1-17(14(18)11-6-4-8-15-11)9-13-16-10-5-2-3-7-12(10)19-13;/h2-7,11,15H,8-9H2,1H3;1H. The quantitative estimate of drug-likeness (QED) is 0.884.